The van der Waals surface area contributed by atoms with E-state index in [1.807, 2.05) is 36.5 Å². The average Bonchev–Trinajstić information content (AvgIpc) is 2.91. The Morgan fingerprint density at radius 1 is 1.22 bits per heavy atom. The quantitative estimate of drug-likeness (QED) is 0.763. The van der Waals surface area contributed by atoms with E-state index in [1.54, 1.807) is 6.26 Å². The highest BCUT2D eigenvalue weighted by Crippen LogP contribution is 2.33. The lowest BCUT2D eigenvalue weighted by Gasteiger charge is -2.05. The summed E-state index contributed by atoms with van der Waals surface area (Å²) in [5, 5.41) is 3.54. The second-order valence-electron chi connectivity index (χ2n) is 4.63. The van der Waals surface area contributed by atoms with Gasteiger partial charge in [-0.15, -0.1) is 0 Å². The maximum atomic E-state index is 5.48. The number of hydrogen-bond acceptors (Lipinski definition) is 3. The molecule has 1 saturated carbocycles. The maximum Gasteiger partial charge on any atom is 0.156 e. The summed E-state index contributed by atoms with van der Waals surface area (Å²) < 4.78 is 7.56. The van der Waals surface area contributed by atoms with Crippen LogP contribution in [0, 0.1) is 0 Å². The summed E-state index contributed by atoms with van der Waals surface area (Å²) in [6.45, 7) is 0. The van der Waals surface area contributed by atoms with Crippen LogP contribution in [0.5, 0.6) is 0 Å². The predicted octanol–water partition coefficient (Wildman–Crippen LogP) is 3.17. The molecule has 0 aromatic carbocycles. The van der Waals surface area contributed by atoms with E-state index in [4.69, 9.17) is 4.42 Å². The van der Waals surface area contributed by atoms with Crippen LogP contribution in [0.25, 0.3) is 17.1 Å². The van der Waals surface area contributed by atoms with E-state index in [0.717, 1.165) is 22.9 Å². The first-order valence-corrected chi connectivity index (χ1v) is 6.19. The van der Waals surface area contributed by atoms with Crippen LogP contribution < -0.4 is 5.32 Å². The first-order valence-electron chi connectivity index (χ1n) is 6.19. The highest BCUT2D eigenvalue weighted by atomic mass is 16.3. The molecule has 0 unspecified atom stereocenters. The molecule has 0 bridgehead atoms. The minimum atomic E-state index is 0.582. The summed E-state index contributed by atoms with van der Waals surface area (Å²) in [5.74, 6) is 1.84. The van der Waals surface area contributed by atoms with Gasteiger partial charge in [0.2, 0.25) is 0 Å². The Morgan fingerprint density at radius 2 is 2.17 bits per heavy atom. The van der Waals surface area contributed by atoms with E-state index < -0.39 is 0 Å². The summed E-state index contributed by atoms with van der Waals surface area (Å²) in [7, 11) is 0. The zero-order valence-corrected chi connectivity index (χ0v) is 9.84. The summed E-state index contributed by atoms with van der Waals surface area (Å²) in [5.41, 5.74) is 1.82. The third-order valence-electron chi connectivity index (χ3n) is 3.20. The Bertz CT molecular complexity index is 680. The Morgan fingerprint density at radius 3 is 2.94 bits per heavy atom. The van der Waals surface area contributed by atoms with Gasteiger partial charge in [-0.1, -0.05) is 6.07 Å². The van der Waals surface area contributed by atoms with E-state index in [9.17, 15) is 0 Å². The van der Waals surface area contributed by atoms with Crippen molar-refractivity contribution in [3.05, 3.63) is 42.8 Å². The Balaban J connectivity index is 1.93. The molecule has 1 N–H and O–H groups in total. The number of anilines is 1. The molecular weight excluding hydrogens is 226 g/mol. The third kappa shape index (κ3) is 1.49. The summed E-state index contributed by atoms with van der Waals surface area (Å²) in [6.07, 6.45) is 6.18. The van der Waals surface area contributed by atoms with Crippen LogP contribution >= 0.6 is 0 Å². The fourth-order valence-electron chi connectivity index (χ4n) is 2.14. The Kier molecular flexibility index (Phi) is 1.97. The van der Waals surface area contributed by atoms with Gasteiger partial charge in [-0.25, -0.2) is 4.98 Å². The number of hydrogen-bond donors (Lipinski definition) is 1. The number of nitrogens with one attached hydrogen (secondary N) is 1. The van der Waals surface area contributed by atoms with Crippen molar-refractivity contribution >= 4 is 11.5 Å². The van der Waals surface area contributed by atoms with E-state index in [0.29, 0.717) is 6.04 Å². The largest absolute Gasteiger partial charge is 0.463 e. The van der Waals surface area contributed by atoms with E-state index in [1.165, 1.54) is 12.8 Å². The molecule has 1 fully saturated rings. The molecule has 4 heteroatoms. The lowest BCUT2D eigenvalue weighted by molar-refractivity contribution is 0.580. The molecule has 0 radical (unpaired) electrons. The van der Waals surface area contributed by atoms with Crippen LogP contribution in [0.15, 0.2) is 47.2 Å². The van der Waals surface area contributed by atoms with Crippen LogP contribution in [0.1, 0.15) is 12.8 Å². The van der Waals surface area contributed by atoms with Crippen molar-refractivity contribution in [3.63, 3.8) is 0 Å². The van der Waals surface area contributed by atoms with Crippen molar-refractivity contribution < 1.29 is 4.42 Å². The zero-order valence-electron chi connectivity index (χ0n) is 9.84. The number of imidazole rings is 1. The van der Waals surface area contributed by atoms with Gasteiger partial charge >= 0.3 is 0 Å². The van der Waals surface area contributed by atoms with Gasteiger partial charge in [0.1, 0.15) is 17.2 Å². The van der Waals surface area contributed by atoms with Crippen molar-refractivity contribution in [1.29, 1.82) is 0 Å². The van der Waals surface area contributed by atoms with Gasteiger partial charge < -0.3 is 9.73 Å². The monoisotopic (exact) mass is 239 g/mol. The number of fused-ring (bicyclic) bond motifs is 1. The topological polar surface area (TPSA) is 42.5 Å². The third-order valence-corrected chi connectivity index (χ3v) is 3.20. The molecule has 18 heavy (non-hydrogen) atoms. The molecule has 0 saturated heterocycles. The second kappa shape index (κ2) is 3.63. The number of aromatic nitrogens is 2. The lowest BCUT2D eigenvalue weighted by Crippen LogP contribution is -2.04. The summed E-state index contributed by atoms with van der Waals surface area (Å²) in [4.78, 5) is 4.64. The van der Waals surface area contributed by atoms with Gasteiger partial charge in [-0.05, 0) is 37.1 Å². The number of nitrogens with zero attached hydrogens (tertiary/aromatic N) is 2. The minimum Gasteiger partial charge on any atom is -0.463 e. The standard InChI is InChI=1S/C14H13N3O/c1-2-8-17-12(5-1)16-13(11-4-3-9-18-11)14(17)15-10-6-7-10/h1-5,8-10,15H,6-7H2. The molecule has 4 nitrogen and oxygen atoms in total. The Labute approximate surface area is 104 Å². The van der Waals surface area contributed by atoms with Gasteiger partial charge in [0.15, 0.2) is 5.76 Å². The minimum absolute atomic E-state index is 0.582. The summed E-state index contributed by atoms with van der Waals surface area (Å²) in [6, 6.07) is 10.4. The first-order chi connectivity index (χ1) is 8.92. The van der Waals surface area contributed by atoms with Crippen LogP contribution in [0.2, 0.25) is 0 Å². The van der Waals surface area contributed by atoms with E-state index in [2.05, 4.69) is 14.7 Å². The van der Waals surface area contributed by atoms with Crippen LogP contribution in [0.3, 0.4) is 0 Å². The maximum absolute atomic E-state index is 5.48. The molecule has 3 heterocycles. The SMILES string of the molecule is c1coc(-c2nc3ccccn3c2NC2CC2)c1. The number of rotatable bonds is 3. The van der Waals surface area contributed by atoms with Gasteiger partial charge in [-0.3, -0.25) is 4.40 Å². The zero-order chi connectivity index (χ0) is 11.9. The molecule has 4 rings (SSSR count). The van der Waals surface area contributed by atoms with Crippen LogP contribution in [0.4, 0.5) is 5.82 Å². The highest BCUT2D eigenvalue weighted by Gasteiger charge is 2.25. The number of furan rings is 1. The van der Waals surface area contributed by atoms with Crippen molar-refractivity contribution in [1.82, 2.24) is 9.38 Å². The fourth-order valence-corrected chi connectivity index (χ4v) is 2.14. The van der Waals surface area contributed by atoms with E-state index >= 15 is 0 Å². The molecule has 3 aromatic rings. The van der Waals surface area contributed by atoms with Gasteiger partial charge in [0.05, 0.1) is 6.26 Å². The summed E-state index contributed by atoms with van der Waals surface area (Å²) >= 11 is 0. The highest BCUT2D eigenvalue weighted by molar-refractivity contribution is 5.73. The molecule has 0 amide bonds. The molecular formula is C14H13N3O. The first kappa shape index (κ1) is 9.76. The fraction of sp³-hybridized carbons (Fsp3) is 0.214. The molecule has 0 atom stereocenters. The predicted molar refractivity (Wildman–Crippen MR) is 69.5 cm³/mol. The molecule has 1 aliphatic carbocycles. The van der Waals surface area contributed by atoms with Crippen LogP contribution in [-0.4, -0.2) is 15.4 Å². The van der Waals surface area contributed by atoms with E-state index in [-0.39, 0.29) is 0 Å². The van der Waals surface area contributed by atoms with Crippen molar-refractivity contribution in [2.45, 2.75) is 18.9 Å². The molecule has 1 aliphatic rings. The van der Waals surface area contributed by atoms with Crippen LogP contribution in [-0.2, 0) is 0 Å². The average molecular weight is 239 g/mol. The molecule has 3 aromatic heterocycles. The number of pyridine rings is 1. The van der Waals surface area contributed by atoms with Crippen molar-refractivity contribution in [2.75, 3.05) is 5.32 Å². The Hall–Kier alpha value is -2.23. The molecule has 90 valence electrons. The van der Waals surface area contributed by atoms with Crippen molar-refractivity contribution in [2.24, 2.45) is 0 Å². The van der Waals surface area contributed by atoms with Crippen molar-refractivity contribution in [3.8, 4) is 11.5 Å². The molecule has 0 aliphatic heterocycles. The van der Waals surface area contributed by atoms with Gasteiger partial charge in [-0.2, -0.15) is 0 Å². The smallest absolute Gasteiger partial charge is 0.156 e. The van der Waals surface area contributed by atoms with Gasteiger partial charge in [0, 0.05) is 12.2 Å². The lowest BCUT2D eigenvalue weighted by atomic mass is 10.3. The van der Waals surface area contributed by atoms with Gasteiger partial charge in [0.25, 0.3) is 0 Å². The normalized spacial score (nSPS) is 15.1. The second-order valence-corrected chi connectivity index (χ2v) is 4.63. The molecule has 0 spiro atoms.